The van der Waals surface area contributed by atoms with E-state index in [1.165, 1.54) is 41.3 Å². The third kappa shape index (κ3) is 7.58. The number of anilines is 1. The van der Waals surface area contributed by atoms with Crippen LogP contribution in [0.15, 0.2) is 77.7 Å². The molecule has 0 aliphatic carbocycles. The van der Waals surface area contributed by atoms with E-state index in [2.05, 4.69) is 5.32 Å². The van der Waals surface area contributed by atoms with Crippen molar-refractivity contribution < 1.29 is 22.4 Å². The highest BCUT2D eigenvalue weighted by Crippen LogP contribution is 2.29. The van der Waals surface area contributed by atoms with Crippen LogP contribution in [0.2, 0.25) is 5.02 Å². The molecule has 208 valence electrons. The number of hydrogen-bond acceptors (Lipinski definition) is 4. The summed E-state index contributed by atoms with van der Waals surface area (Å²) in [5.74, 6) is -1.60. The first-order valence-corrected chi connectivity index (χ1v) is 14.5. The van der Waals surface area contributed by atoms with Crippen molar-refractivity contribution in [1.29, 1.82) is 0 Å². The first-order valence-electron chi connectivity index (χ1n) is 12.7. The summed E-state index contributed by atoms with van der Waals surface area (Å²) in [4.78, 5) is 28.0. The van der Waals surface area contributed by atoms with Crippen LogP contribution in [-0.2, 0) is 26.2 Å². The molecule has 3 rings (SSSR count). The average Bonchev–Trinajstić information content (AvgIpc) is 2.91. The fraction of sp³-hybridized carbons (Fsp3) is 0.310. The summed E-state index contributed by atoms with van der Waals surface area (Å²) in [7, 11) is -4.19. The largest absolute Gasteiger partial charge is 0.354 e. The van der Waals surface area contributed by atoms with Crippen molar-refractivity contribution in [2.45, 2.75) is 51.1 Å². The number of carbonyl (C=O) groups excluding carboxylic acids is 2. The standard InChI is InChI=1S/C29H33ClFN3O4S/c1-4-5-17-32-29(36)22(3)33(19-23-11-9-10-14-26(23)31)28(35)20-34(27-16-15-24(30)18-21(27)2)39(37,38)25-12-7-6-8-13-25/h6-16,18,22H,4-5,17,19-20H2,1-3H3,(H,32,36)/t22-/m0/s1. The molecule has 0 aromatic heterocycles. The quantitative estimate of drug-likeness (QED) is 0.297. The van der Waals surface area contributed by atoms with Gasteiger partial charge in [0.25, 0.3) is 10.0 Å². The number of sulfonamides is 1. The van der Waals surface area contributed by atoms with Crippen molar-refractivity contribution >= 4 is 39.1 Å². The van der Waals surface area contributed by atoms with Gasteiger partial charge in [-0.05, 0) is 62.2 Å². The molecule has 0 fully saturated rings. The number of halogens is 2. The smallest absolute Gasteiger partial charge is 0.264 e. The highest BCUT2D eigenvalue weighted by Gasteiger charge is 2.33. The minimum absolute atomic E-state index is 0.00170. The zero-order valence-electron chi connectivity index (χ0n) is 22.2. The van der Waals surface area contributed by atoms with E-state index in [0.717, 1.165) is 17.1 Å². The molecule has 2 amide bonds. The van der Waals surface area contributed by atoms with Crippen LogP contribution in [0.3, 0.4) is 0 Å². The Morgan fingerprint density at radius 3 is 2.33 bits per heavy atom. The minimum atomic E-state index is -4.19. The van der Waals surface area contributed by atoms with E-state index in [-0.39, 0.29) is 22.7 Å². The Labute approximate surface area is 234 Å². The van der Waals surface area contributed by atoms with Gasteiger partial charge in [-0.15, -0.1) is 0 Å². The van der Waals surface area contributed by atoms with Crippen molar-refractivity contribution in [2.24, 2.45) is 0 Å². The van der Waals surface area contributed by atoms with E-state index >= 15 is 0 Å². The molecule has 0 spiro atoms. The molecule has 3 aromatic rings. The average molecular weight is 574 g/mol. The second kappa shape index (κ2) is 13.6. The van der Waals surface area contributed by atoms with Crippen LogP contribution in [0.4, 0.5) is 10.1 Å². The SMILES string of the molecule is CCCCNC(=O)[C@H](C)N(Cc1ccccc1F)C(=O)CN(c1ccc(Cl)cc1C)S(=O)(=O)c1ccccc1. The molecule has 0 saturated heterocycles. The summed E-state index contributed by atoms with van der Waals surface area (Å²) in [5.41, 5.74) is 1.02. The highest BCUT2D eigenvalue weighted by atomic mass is 35.5. The van der Waals surface area contributed by atoms with Crippen LogP contribution in [0.5, 0.6) is 0 Å². The lowest BCUT2D eigenvalue weighted by Gasteiger charge is -2.32. The second-order valence-electron chi connectivity index (χ2n) is 9.19. The lowest BCUT2D eigenvalue weighted by molar-refractivity contribution is -0.139. The number of nitrogens with zero attached hydrogens (tertiary/aromatic N) is 2. The number of carbonyl (C=O) groups is 2. The van der Waals surface area contributed by atoms with Gasteiger partial charge in [-0.3, -0.25) is 13.9 Å². The molecule has 0 aliphatic heterocycles. The summed E-state index contributed by atoms with van der Waals surface area (Å²) in [5, 5.41) is 3.22. The van der Waals surface area contributed by atoms with Gasteiger partial charge in [0, 0.05) is 23.7 Å². The van der Waals surface area contributed by atoms with Crippen LogP contribution in [0.1, 0.15) is 37.8 Å². The van der Waals surface area contributed by atoms with Gasteiger partial charge in [-0.2, -0.15) is 0 Å². The molecule has 10 heteroatoms. The lowest BCUT2D eigenvalue weighted by Crippen LogP contribution is -2.51. The maximum Gasteiger partial charge on any atom is 0.264 e. The number of amides is 2. The van der Waals surface area contributed by atoms with Crippen LogP contribution in [0.25, 0.3) is 0 Å². The number of rotatable bonds is 12. The van der Waals surface area contributed by atoms with Gasteiger partial charge in [0.1, 0.15) is 18.4 Å². The van der Waals surface area contributed by atoms with Gasteiger partial charge in [0.05, 0.1) is 10.6 Å². The second-order valence-corrected chi connectivity index (χ2v) is 11.5. The summed E-state index contributed by atoms with van der Waals surface area (Å²) < 4.78 is 43.2. The molecule has 0 heterocycles. The summed E-state index contributed by atoms with van der Waals surface area (Å²) >= 11 is 6.12. The zero-order valence-corrected chi connectivity index (χ0v) is 23.8. The number of hydrogen-bond donors (Lipinski definition) is 1. The fourth-order valence-corrected chi connectivity index (χ4v) is 5.79. The molecule has 7 nitrogen and oxygen atoms in total. The number of nitrogens with one attached hydrogen (secondary N) is 1. The minimum Gasteiger partial charge on any atom is -0.354 e. The van der Waals surface area contributed by atoms with Gasteiger partial charge < -0.3 is 10.2 Å². The van der Waals surface area contributed by atoms with E-state index in [4.69, 9.17) is 11.6 Å². The molecule has 1 atom stereocenters. The Kier molecular flexibility index (Phi) is 10.5. The fourth-order valence-electron chi connectivity index (χ4n) is 4.06. The van der Waals surface area contributed by atoms with Crippen molar-refractivity contribution in [3.05, 3.63) is 94.8 Å². The maximum absolute atomic E-state index is 14.6. The Hall–Kier alpha value is -3.43. The molecule has 0 aliphatic rings. The summed E-state index contributed by atoms with van der Waals surface area (Å²) in [6, 6.07) is 17.4. The predicted molar refractivity (Wildman–Crippen MR) is 151 cm³/mol. The van der Waals surface area contributed by atoms with E-state index in [0.29, 0.717) is 17.1 Å². The highest BCUT2D eigenvalue weighted by molar-refractivity contribution is 7.92. The molecular weight excluding hydrogens is 541 g/mol. The molecule has 39 heavy (non-hydrogen) atoms. The summed E-state index contributed by atoms with van der Waals surface area (Å²) in [6.07, 6.45) is 1.64. The molecule has 1 N–H and O–H groups in total. The van der Waals surface area contributed by atoms with Gasteiger partial charge >= 0.3 is 0 Å². The van der Waals surface area contributed by atoms with Crippen molar-refractivity contribution in [2.75, 3.05) is 17.4 Å². The number of unbranched alkanes of at least 4 members (excludes halogenated alkanes) is 1. The van der Waals surface area contributed by atoms with Gasteiger partial charge in [-0.1, -0.05) is 61.3 Å². The number of aryl methyl sites for hydroxylation is 1. The zero-order chi connectivity index (χ0) is 28.6. The summed E-state index contributed by atoms with van der Waals surface area (Å²) in [6.45, 7) is 4.83. The van der Waals surface area contributed by atoms with Gasteiger partial charge in [-0.25, -0.2) is 12.8 Å². The van der Waals surface area contributed by atoms with Crippen LogP contribution in [-0.4, -0.2) is 44.3 Å². The van der Waals surface area contributed by atoms with Crippen molar-refractivity contribution in [3.63, 3.8) is 0 Å². The third-order valence-electron chi connectivity index (χ3n) is 6.33. The molecule has 3 aromatic carbocycles. The van der Waals surface area contributed by atoms with E-state index in [1.807, 2.05) is 6.92 Å². The van der Waals surface area contributed by atoms with Crippen LogP contribution < -0.4 is 9.62 Å². The van der Waals surface area contributed by atoms with Gasteiger partial charge in [0.15, 0.2) is 0 Å². The molecule has 0 radical (unpaired) electrons. The number of benzene rings is 3. The topological polar surface area (TPSA) is 86.8 Å². The first-order chi connectivity index (χ1) is 18.6. The molecule has 0 saturated carbocycles. The molecule has 0 bridgehead atoms. The van der Waals surface area contributed by atoms with Gasteiger partial charge in [0.2, 0.25) is 11.8 Å². The third-order valence-corrected chi connectivity index (χ3v) is 8.34. The van der Waals surface area contributed by atoms with Crippen molar-refractivity contribution in [3.8, 4) is 0 Å². The van der Waals surface area contributed by atoms with E-state index < -0.39 is 40.2 Å². The lowest BCUT2D eigenvalue weighted by atomic mass is 10.1. The normalized spacial score (nSPS) is 12.0. The van der Waals surface area contributed by atoms with Crippen molar-refractivity contribution in [1.82, 2.24) is 10.2 Å². The molecular formula is C29H33ClFN3O4S. The Bertz CT molecular complexity index is 1400. The van der Waals surface area contributed by atoms with E-state index in [1.54, 1.807) is 50.2 Å². The first kappa shape index (κ1) is 30.1. The van der Waals surface area contributed by atoms with E-state index in [9.17, 15) is 22.4 Å². The van der Waals surface area contributed by atoms with Crippen LogP contribution >= 0.6 is 11.6 Å². The van der Waals surface area contributed by atoms with Crippen LogP contribution in [0, 0.1) is 12.7 Å². The Balaban J connectivity index is 2.03. The predicted octanol–water partition coefficient (Wildman–Crippen LogP) is 5.32. The maximum atomic E-state index is 14.6. The monoisotopic (exact) mass is 573 g/mol. The Morgan fingerprint density at radius 1 is 1.03 bits per heavy atom. The molecule has 0 unspecified atom stereocenters. The Morgan fingerprint density at radius 2 is 1.69 bits per heavy atom.